The van der Waals surface area contributed by atoms with Gasteiger partial charge in [-0.15, -0.1) is 0 Å². The van der Waals surface area contributed by atoms with Gasteiger partial charge in [0.25, 0.3) is 10.0 Å². The molecule has 0 aromatic carbocycles. The molecule has 1 fully saturated rings. The molecule has 0 amide bonds. The summed E-state index contributed by atoms with van der Waals surface area (Å²) in [6.45, 7) is 6.88. The molecule has 0 aliphatic carbocycles. The van der Waals surface area contributed by atoms with Crippen LogP contribution in [-0.2, 0) is 16.6 Å². The zero-order chi connectivity index (χ0) is 14.2. The third kappa shape index (κ3) is 2.68. The van der Waals surface area contributed by atoms with Crippen LogP contribution in [0.5, 0.6) is 0 Å². The molecule has 6 nitrogen and oxygen atoms in total. The van der Waals surface area contributed by atoms with Crippen LogP contribution in [0.2, 0.25) is 0 Å². The van der Waals surface area contributed by atoms with Crippen LogP contribution in [0.1, 0.15) is 32.5 Å². The van der Waals surface area contributed by atoms with E-state index >= 15 is 0 Å². The third-order valence-electron chi connectivity index (χ3n) is 3.72. The number of sulfonamides is 1. The van der Waals surface area contributed by atoms with Crippen LogP contribution in [0.4, 0.5) is 0 Å². The molecule has 2 atom stereocenters. The summed E-state index contributed by atoms with van der Waals surface area (Å²) in [4.78, 5) is 4.18. The Morgan fingerprint density at radius 2 is 2.21 bits per heavy atom. The minimum absolute atomic E-state index is 0.0687. The minimum atomic E-state index is -3.50. The van der Waals surface area contributed by atoms with Crippen molar-refractivity contribution in [2.45, 2.75) is 57.3 Å². The lowest BCUT2D eigenvalue weighted by molar-refractivity contribution is 0.246. The highest BCUT2D eigenvalue weighted by Gasteiger charge is 2.35. The lowest BCUT2D eigenvalue weighted by Gasteiger charge is -2.34. The Hall–Kier alpha value is -0.920. The summed E-state index contributed by atoms with van der Waals surface area (Å²) in [6, 6.07) is 0.0252. The van der Waals surface area contributed by atoms with Gasteiger partial charge in [0.15, 0.2) is 5.03 Å². The fourth-order valence-electron chi connectivity index (χ4n) is 2.59. The fraction of sp³-hybridized carbons (Fsp3) is 0.750. The van der Waals surface area contributed by atoms with Crippen molar-refractivity contribution in [1.82, 2.24) is 13.9 Å². The van der Waals surface area contributed by atoms with E-state index in [1.54, 1.807) is 6.20 Å². The predicted molar refractivity (Wildman–Crippen MR) is 73.2 cm³/mol. The molecule has 1 aromatic heterocycles. The van der Waals surface area contributed by atoms with Gasteiger partial charge in [0, 0.05) is 31.4 Å². The summed E-state index contributed by atoms with van der Waals surface area (Å²) in [5.41, 5.74) is 5.88. The van der Waals surface area contributed by atoms with Crippen molar-refractivity contribution < 1.29 is 8.42 Å². The Kier molecular flexibility index (Phi) is 3.98. The Labute approximate surface area is 114 Å². The highest BCUT2D eigenvalue weighted by Crippen LogP contribution is 2.24. The second kappa shape index (κ2) is 5.22. The summed E-state index contributed by atoms with van der Waals surface area (Å²) in [5.74, 6) is 0.724. The Bertz CT molecular complexity index is 552. The van der Waals surface area contributed by atoms with Crippen molar-refractivity contribution in [2.24, 2.45) is 5.73 Å². The normalized spacial score (nSPS) is 25.7. The number of hydrogen-bond donors (Lipinski definition) is 1. The largest absolute Gasteiger partial charge is 0.334 e. The molecule has 108 valence electrons. The number of aryl methyl sites for hydroxylation is 2. The number of rotatable bonds is 3. The first kappa shape index (κ1) is 14.5. The topological polar surface area (TPSA) is 81.2 Å². The summed E-state index contributed by atoms with van der Waals surface area (Å²) < 4.78 is 28.6. The molecule has 1 saturated heterocycles. The monoisotopic (exact) mass is 286 g/mol. The number of nitrogens with two attached hydrogens (primary N) is 1. The smallest absolute Gasteiger partial charge is 0.262 e. The fourth-order valence-corrected chi connectivity index (χ4v) is 4.24. The van der Waals surface area contributed by atoms with E-state index in [0.717, 1.165) is 12.4 Å². The maximum Gasteiger partial charge on any atom is 0.262 e. The van der Waals surface area contributed by atoms with E-state index in [4.69, 9.17) is 5.73 Å². The Balaban J connectivity index is 2.31. The molecule has 0 radical (unpaired) electrons. The number of imidazole rings is 1. The molecule has 1 aliphatic rings. The van der Waals surface area contributed by atoms with E-state index in [-0.39, 0.29) is 17.1 Å². The lowest BCUT2D eigenvalue weighted by Crippen LogP contribution is -2.48. The van der Waals surface area contributed by atoms with Gasteiger partial charge in [0.1, 0.15) is 5.82 Å². The average Bonchev–Trinajstić information content (AvgIpc) is 2.70. The van der Waals surface area contributed by atoms with Crippen LogP contribution in [0.3, 0.4) is 0 Å². The molecule has 1 aromatic rings. The molecule has 0 spiro atoms. The van der Waals surface area contributed by atoms with Crippen LogP contribution >= 0.6 is 0 Å². The van der Waals surface area contributed by atoms with Crippen LogP contribution < -0.4 is 5.73 Å². The number of nitrogens with zero attached hydrogens (tertiary/aromatic N) is 3. The van der Waals surface area contributed by atoms with Crippen molar-refractivity contribution in [3.63, 3.8) is 0 Å². The van der Waals surface area contributed by atoms with E-state index in [1.165, 1.54) is 4.31 Å². The molecular weight excluding hydrogens is 264 g/mol. The summed E-state index contributed by atoms with van der Waals surface area (Å²) in [6.07, 6.45) is 3.02. The second-order valence-corrected chi connectivity index (χ2v) is 7.00. The molecule has 2 unspecified atom stereocenters. The molecule has 0 bridgehead atoms. The summed E-state index contributed by atoms with van der Waals surface area (Å²) in [5, 5.41) is 0.147. The first-order chi connectivity index (χ1) is 8.86. The highest BCUT2D eigenvalue weighted by atomic mass is 32.2. The van der Waals surface area contributed by atoms with Gasteiger partial charge in [-0.3, -0.25) is 0 Å². The molecule has 7 heteroatoms. The Morgan fingerprint density at radius 1 is 1.53 bits per heavy atom. The molecule has 2 N–H and O–H groups in total. The molecule has 19 heavy (non-hydrogen) atoms. The van der Waals surface area contributed by atoms with Crippen molar-refractivity contribution in [3.05, 3.63) is 12.0 Å². The third-order valence-corrected chi connectivity index (χ3v) is 5.61. The average molecular weight is 286 g/mol. The minimum Gasteiger partial charge on any atom is -0.334 e. The number of aromatic nitrogens is 2. The highest BCUT2D eigenvalue weighted by molar-refractivity contribution is 7.89. The number of piperidine rings is 1. The van der Waals surface area contributed by atoms with Crippen LogP contribution in [0.25, 0.3) is 0 Å². The van der Waals surface area contributed by atoms with E-state index in [0.29, 0.717) is 19.4 Å². The molecule has 1 aliphatic heterocycles. The van der Waals surface area contributed by atoms with Crippen LogP contribution in [0, 0.1) is 6.92 Å². The van der Waals surface area contributed by atoms with E-state index in [2.05, 4.69) is 4.98 Å². The van der Waals surface area contributed by atoms with E-state index < -0.39 is 10.0 Å². The SMILES string of the molecule is CCn1cc(S(=O)(=O)N2CCC(N)CC2C)nc1C. The molecule has 2 heterocycles. The predicted octanol–water partition coefficient (Wildman–Crippen LogP) is 0.712. The van der Waals surface area contributed by atoms with Crippen molar-refractivity contribution >= 4 is 10.0 Å². The zero-order valence-electron chi connectivity index (χ0n) is 11.7. The first-order valence-corrected chi connectivity index (χ1v) is 8.11. The second-order valence-electron chi connectivity index (χ2n) is 5.16. The number of hydrogen-bond acceptors (Lipinski definition) is 4. The molecule has 0 saturated carbocycles. The summed E-state index contributed by atoms with van der Waals surface area (Å²) >= 11 is 0. The van der Waals surface area contributed by atoms with Gasteiger partial charge in [0.2, 0.25) is 0 Å². The zero-order valence-corrected chi connectivity index (χ0v) is 12.5. The van der Waals surface area contributed by atoms with Gasteiger partial charge in [-0.05, 0) is 33.6 Å². The molecule has 2 rings (SSSR count). The van der Waals surface area contributed by atoms with Crippen molar-refractivity contribution in [2.75, 3.05) is 6.54 Å². The van der Waals surface area contributed by atoms with E-state index in [9.17, 15) is 8.42 Å². The van der Waals surface area contributed by atoms with Gasteiger partial charge in [-0.2, -0.15) is 4.31 Å². The van der Waals surface area contributed by atoms with Gasteiger partial charge in [0.05, 0.1) is 0 Å². The quantitative estimate of drug-likeness (QED) is 0.887. The van der Waals surface area contributed by atoms with Gasteiger partial charge >= 0.3 is 0 Å². The van der Waals surface area contributed by atoms with Crippen LogP contribution in [0.15, 0.2) is 11.2 Å². The maximum atomic E-state index is 12.6. The summed E-state index contributed by atoms with van der Waals surface area (Å²) in [7, 11) is -3.50. The van der Waals surface area contributed by atoms with Gasteiger partial charge in [-0.25, -0.2) is 13.4 Å². The van der Waals surface area contributed by atoms with Crippen molar-refractivity contribution in [1.29, 1.82) is 0 Å². The maximum absolute atomic E-state index is 12.6. The lowest BCUT2D eigenvalue weighted by atomic mass is 10.0. The van der Waals surface area contributed by atoms with Gasteiger partial charge in [-0.1, -0.05) is 0 Å². The van der Waals surface area contributed by atoms with Crippen molar-refractivity contribution in [3.8, 4) is 0 Å². The standard InChI is InChI=1S/C12H22N4O2S/c1-4-15-8-12(14-10(15)3)19(17,18)16-6-5-11(13)7-9(16)2/h8-9,11H,4-7,13H2,1-3H3. The van der Waals surface area contributed by atoms with Crippen LogP contribution in [-0.4, -0.2) is 40.9 Å². The molecular formula is C12H22N4O2S. The Morgan fingerprint density at radius 3 is 2.74 bits per heavy atom. The van der Waals surface area contributed by atoms with E-state index in [1.807, 2.05) is 25.3 Å². The van der Waals surface area contributed by atoms with Gasteiger partial charge < -0.3 is 10.3 Å². The first-order valence-electron chi connectivity index (χ1n) is 6.67.